The number of rotatable bonds is 2. The average molecular weight is 263 g/mol. The van der Waals surface area contributed by atoms with Crippen LogP contribution in [0.5, 0.6) is 0 Å². The Morgan fingerprint density at radius 2 is 2.00 bits per heavy atom. The minimum Gasteiger partial charge on any atom is -0.224 e. The summed E-state index contributed by atoms with van der Waals surface area (Å²) < 4.78 is 23.7. The zero-order valence-electron chi connectivity index (χ0n) is 7.54. The summed E-state index contributed by atoms with van der Waals surface area (Å²) in [5.74, 6) is 0.141. The second-order valence-electron chi connectivity index (χ2n) is 2.81. The summed E-state index contributed by atoms with van der Waals surface area (Å²) in [4.78, 5) is 0.382. The highest BCUT2D eigenvalue weighted by Gasteiger charge is 2.11. The van der Waals surface area contributed by atoms with Crippen LogP contribution in [0.1, 0.15) is 12.5 Å². The molecule has 0 unspecified atom stereocenters. The van der Waals surface area contributed by atoms with Crippen molar-refractivity contribution in [2.45, 2.75) is 18.7 Å². The number of halogens is 1. The van der Waals surface area contributed by atoms with Gasteiger partial charge in [-0.3, -0.25) is 0 Å². The Morgan fingerprint density at radius 3 is 2.46 bits per heavy atom. The lowest BCUT2D eigenvalue weighted by atomic mass is 10.2. The van der Waals surface area contributed by atoms with Crippen molar-refractivity contribution in [1.82, 2.24) is 0 Å². The van der Waals surface area contributed by atoms with Crippen LogP contribution in [0, 0.1) is 6.92 Å². The molecule has 0 radical (unpaired) electrons. The predicted molar refractivity (Wildman–Crippen MR) is 56.6 cm³/mol. The standard InChI is InChI=1S/C9H11BrO2S/c1-3-13(11,12)8-5-4-7(2)9(10)6-8/h4-6H,3H2,1-2H3. The topological polar surface area (TPSA) is 34.1 Å². The van der Waals surface area contributed by atoms with E-state index >= 15 is 0 Å². The Morgan fingerprint density at radius 1 is 1.38 bits per heavy atom. The van der Waals surface area contributed by atoms with E-state index < -0.39 is 9.84 Å². The third-order valence-electron chi connectivity index (χ3n) is 1.88. The highest BCUT2D eigenvalue weighted by molar-refractivity contribution is 9.10. The summed E-state index contributed by atoms with van der Waals surface area (Å²) in [7, 11) is -3.07. The summed E-state index contributed by atoms with van der Waals surface area (Å²) in [6.45, 7) is 3.57. The lowest BCUT2D eigenvalue weighted by molar-refractivity contribution is 0.597. The van der Waals surface area contributed by atoms with E-state index in [0.717, 1.165) is 10.0 Å². The zero-order chi connectivity index (χ0) is 10.1. The largest absolute Gasteiger partial charge is 0.224 e. The summed E-state index contributed by atoms with van der Waals surface area (Å²) in [6, 6.07) is 5.08. The van der Waals surface area contributed by atoms with E-state index in [2.05, 4.69) is 15.9 Å². The minimum atomic E-state index is -3.07. The van der Waals surface area contributed by atoms with Crippen molar-refractivity contribution in [3.05, 3.63) is 28.2 Å². The summed E-state index contributed by atoms with van der Waals surface area (Å²) >= 11 is 3.30. The van der Waals surface area contributed by atoms with Gasteiger partial charge in [-0.25, -0.2) is 8.42 Å². The van der Waals surface area contributed by atoms with Gasteiger partial charge in [0, 0.05) is 4.47 Å². The van der Waals surface area contributed by atoms with Gasteiger partial charge in [-0.15, -0.1) is 0 Å². The summed E-state index contributed by atoms with van der Waals surface area (Å²) in [5.41, 5.74) is 1.04. The molecule has 1 aromatic carbocycles. The van der Waals surface area contributed by atoms with Gasteiger partial charge in [-0.05, 0) is 24.6 Å². The van der Waals surface area contributed by atoms with Crippen LogP contribution in [0.4, 0.5) is 0 Å². The van der Waals surface area contributed by atoms with E-state index in [-0.39, 0.29) is 5.75 Å². The van der Waals surface area contributed by atoms with Gasteiger partial charge in [0.15, 0.2) is 9.84 Å². The highest BCUT2D eigenvalue weighted by atomic mass is 79.9. The number of hydrogen-bond acceptors (Lipinski definition) is 2. The van der Waals surface area contributed by atoms with Crippen LogP contribution >= 0.6 is 15.9 Å². The molecule has 0 bridgehead atoms. The number of sulfone groups is 1. The smallest absolute Gasteiger partial charge is 0.178 e. The first kappa shape index (κ1) is 10.7. The maximum Gasteiger partial charge on any atom is 0.178 e. The van der Waals surface area contributed by atoms with E-state index in [4.69, 9.17) is 0 Å². The number of hydrogen-bond donors (Lipinski definition) is 0. The second-order valence-corrected chi connectivity index (χ2v) is 5.95. The zero-order valence-corrected chi connectivity index (χ0v) is 9.94. The van der Waals surface area contributed by atoms with E-state index in [1.807, 2.05) is 6.92 Å². The molecule has 1 rings (SSSR count). The fourth-order valence-corrected chi connectivity index (χ4v) is 2.37. The third kappa shape index (κ3) is 2.31. The van der Waals surface area contributed by atoms with Crippen LogP contribution in [0.2, 0.25) is 0 Å². The van der Waals surface area contributed by atoms with Crippen molar-refractivity contribution in [2.24, 2.45) is 0 Å². The molecule has 0 spiro atoms. The molecule has 0 aliphatic rings. The fraction of sp³-hybridized carbons (Fsp3) is 0.333. The SMILES string of the molecule is CCS(=O)(=O)c1ccc(C)c(Br)c1. The van der Waals surface area contributed by atoms with Crippen LogP contribution in [0.15, 0.2) is 27.6 Å². The summed E-state index contributed by atoms with van der Waals surface area (Å²) in [5, 5.41) is 0. The van der Waals surface area contributed by atoms with Crippen molar-refractivity contribution < 1.29 is 8.42 Å². The molecule has 0 aromatic heterocycles. The van der Waals surface area contributed by atoms with Crippen LogP contribution < -0.4 is 0 Å². The molecule has 0 saturated carbocycles. The van der Waals surface area contributed by atoms with E-state index in [0.29, 0.717) is 4.90 Å². The van der Waals surface area contributed by atoms with Gasteiger partial charge >= 0.3 is 0 Å². The molecule has 0 heterocycles. The first-order valence-electron chi connectivity index (χ1n) is 3.96. The molecular weight excluding hydrogens is 252 g/mol. The molecular formula is C9H11BrO2S. The van der Waals surface area contributed by atoms with Gasteiger partial charge in [-0.2, -0.15) is 0 Å². The molecule has 2 nitrogen and oxygen atoms in total. The molecule has 0 atom stereocenters. The molecule has 4 heteroatoms. The maximum atomic E-state index is 11.4. The Labute approximate surface area is 87.0 Å². The fourth-order valence-electron chi connectivity index (χ4n) is 0.934. The van der Waals surface area contributed by atoms with Crippen molar-refractivity contribution in [2.75, 3.05) is 5.75 Å². The molecule has 0 amide bonds. The van der Waals surface area contributed by atoms with Crippen LogP contribution in [0.25, 0.3) is 0 Å². The van der Waals surface area contributed by atoms with Gasteiger partial charge in [0.1, 0.15) is 0 Å². The van der Waals surface area contributed by atoms with Gasteiger partial charge in [0.25, 0.3) is 0 Å². The second kappa shape index (κ2) is 3.80. The van der Waals surface area contributed by atoms with Gasteiger partial charge in [0.2, 0.25) is 0 Å². The number of benzene rings is 1. The number of aryl methyl sites for hydroxylation is 1. The predicted octanol–water partition coefficient (Wildman–Crippen LogP) is 2.55. The van der Waals surface area contributed by atoms with Crippen LogP contribution in [-0.2, 0) is 9.84 Å². The highest BCUT2D eigenvalue weighted by Crippen LogP contribution is 2.21. The molecule has 72 valence electrons. The normalized spacial score (nSPS) is 11.6. The first-order valence-corrected chi connectivity index (χ1v) is 6.41. The molecule has 13 heavy (non-hydrogen) atoms. The van der Waals surface area contributed by atoms with Gasteiger partial charge in [-0.1, -0.05) is 28.9 Å². The van der Waals surface area contributed by atoms with E-state index in [1.165, 1.54) is 0 Å². The third-order valence-corrected chi connectivity index (χ3v) is 4.47. The quantitative estimate of drug-likeness (QED) is 0.821. The van der Waals surface area contributed by atoms with Crippen molar-refractivity contribution >= 4 is 25.8 Å². The lowest BCUT2D eigenvalue weighted by Crippen LogP contribution is -2.03. The average Bonchev–Trinajstić information content (AvgIpc) is 2.09. The molecule has 0 fully saturated rings. The van der Waals surface area contributed by atoms with Crippen molar-refractivity contribution in [1.29, 1.82) is 0 Å². The minimum absolute atomic E-state index is 0.141. The first-order chi connectivity index (χ1) is 5.97. The lowest BCUT2D eigenvalue weighted by Gasteiger charge is -2.03. The Balaban J connectivity index is 3.27. The van der Waals surface area contributed by atoms with Crippen molar-refractivity contribution in [3.63, 3.8) is 0 Å². The molecule has 0 saturated heterocycles. The molecule has 0 aliphatic heterocycles. The van der Waals surface area contributed by atoms with E-state index in [1.54, 1.807) is 25.1 Å². The van der Waals surface area contributed by atoms with Crippen LogP contribution in [0.3, 0.4) is 0 Å². The Kier molecular flexibility index (Phi) is 3.14. The molecule has 1 aromatic rings. The molecule has 0 aliphatic carbocycles. The van der Waals surface area contributed by atoms with Gasteiger partial charge in [0.05, 0.1) is 10.6 Å². The monoisotopic (exact) mass is 262 g/mol. The van der Waals surface area contributed by atoms with E-state index in [9.17, 15) is 8.42 Å². The Hall–Kier alpha value is -0.350. The Bertz CT molecular complexity index is 410. The van der Waals surface area contributed by atoms with Crippen molar-refractivity contribution in [3.8, 4) is 0 Å². The molecule has 0 N–H and O–H groups in total. The summed E-state index contributed by atoms with van der Waals surface area (Å²) in [6.07, 6.45) is 0. The van der Waals surface area contributed by atoms with Crippen LogP contribution in [-0.4, -0.2) is 14.2 Å². The van der Waals surface area contributed by atoms with Gasteiger partial charge < -0.3 is 0 Å². The maximum absolute atomic E-state index is 11.4.